The second-order valence-electron chi connectivity index (χ2n) is 3.63. The van der Waals surface area contributed by atoms with E-state index < -0.39 is 35.6 Å². The molecule has 1 nitrogen and oxygen atoms in total. The maximum Gasteiger partial charge on any atom is 0.326 e. The van der Waals surface area contributed by atoms with Crippen molar-refractivity contribution in [2.75, 3.05) is 6.54 Å². The Morgan fingerprint density at radius 1 is 1.22 bits per heavy atom. The molecule has 0 bridgehead atoms. The van der Waals surface area contributed by atoms with Crippen LogP contribution in [0.5, 0.6) is 0 Å². The Kier molecular flexibility index (Phi) is 4.61. The lowest BCUT2D eigenvalue weighted by Gasteiger charge is -2.27. The number of halogens is 6. The molecule has 0 aliphatic heterocycles. The Morgan fingerprint density at radius 3 is 2.33 bits per heavy atom. The third-order valence-electron chi connectivity index (χ3n) is 2.35. The molecule has 1 aromatic carbocycles. The summed E-state index contributed by atoms with van der Waals surface area (Å²) in [5.41, 5.74) is -0.817. The summed E-state index contributed by atoms with van der Waals surface area (Å²) in [6.45, 7) is 1.30. The minimum atomic E-state index is -4.50. The van der Waals surface area contributed by atoms with E-state index in [4.69, 9.17) is 0 Å². The number of alkyl halides is 4. The van der Waals surface area contributed by atoms with Gasteiger partial charge in [0.25, 0.3) is 0 Å². The van der Waals surface area contributed by atoms with Crippen LogP contribution in [0.4, 0.5) is 26.3 Å². The Bertz CT molecular complexity index is 407. The van der Waals surface area contributed by atoms with Gasteiger partial charge < -0.3 is 5.32 Å². The van der Waals surface area contributed by atoms with Gasteiger partial charge in [-0.25, -0.2) is 17.6 Å². The SMILES string of the molecule is CCNC(c1cc(F)ccc1F)C(F)(F)C(F)F. The van der Waals surface area contributed by atoms with Crippen molar-refractivity contribution in [1.82, 2.24) is 5.32 Å². The average Bonchev–Trinajstić information content (AvgIpc) is 2.29. The summed E-state index contributed by atoms with van der Waals surface area (Å²) in [6.07, 6.45) is -3.98. The first kappa shape index (κ1) is 14.8. The molecule has 18 heavy (non-hydrogen) atoms. The first-order valence-electron chi connectivity index (χ1n) is 5.15. The van der Waals surface area contributed by atoms with Gasteiger partial charge in [0.1, 0.15) is 17.7 Å². The largest absolute Gasteiger partial charge is 0.326 e. The van der Waals surface area contributed by atoms with Gasteiger partial charge in [0.15, 0.2) is 0 Å². The topological polar surface area (TPSA) is 12.0 Å². The van der Waals surface area contributed by atoms with Crippen LogP contribution in [0.3, 0.4) is 0 Å². The predicted molar refractivity (Wildman–Crippen MR) is 53.7 cm³/mol. The van der Waals surface area contributed by atoms with Crippen LogP contribution in [-0.4, -0.2) is 18.9 Å². The third-order valence-corrected chi connectivity index (χ3v) is 2.35. The summed E-state index contributed by atoms with van der Waals surface area (Å²) in [7, 11) is 0. The first-order valence-corrected chi connectivity index (χ1v) is 5.15. The van der Waals surface area contributed by atoms with E-state index in [0.29, 0.717) is 12.1 Å². The molecule has 1 aromatic rings. The Labute approximate surface area is 99.8 Å². The lowest BCUT2D eigenvalue weighted by Crippen LogP contribution is -2.43. The van der Waals surface area contributed by atoms with Crippen molar-refractivity contribution in [3.63, 3.8) is 0 Å². The number of hydrogen-bond donors (Lipinski definition) is 1. The molecule has 0 spiro atoms. The fraction of sp³-hybridized carbons (Fsp3) is 0.455. The minimum Gasteiger partial charge on any atom is -0.305 e. The Balaban J connectivity index is 3.23. The Morgan fingerprint density at radius 2 is 1.83 bits per heavy atom. The maximum atomic E-state index is 13.4. The minimum absolute atomic E-state index is 0.0943. The highest BCUT2D eigenvalue weighted by Gasteiger charge is 2.50. The third kappa shape index (κ3) is 2.95. The van der Waals surface area contributed by atoms with Crippen molar-refractivity contribution in [3.8, 4) is 0 Å². The summed E-state index contributed by atoms with van der Waals surface area (Å²) in [6, 6.07) is -0.448. The van der Waals surface area contributed by atoms with Crippen LogP contribution < -0.4 is 5.32 Å². The Hall–Kier alpha value is -1.24. The van der Waals surface area contributed by atoms with Crippen molar-refractivity contribution >= 4 is 0 Å². The predicted octanol–water partition coefficient (Wildman–Crippen LogP) is 3.52. The summed E-state index contributed by atoms with van der Waals surface area (Å²) >= 11 is 0. The van der Waals surface area contributed by atoms with E-state index >= 15 is 0 Å². The van der Waals surface area contributed by atoms with Gasteiger partial charge in [-0.1, -0.05) is 6.92 Å². The van der Waals surface area contributed by atoms with E-state index in [0.717, 1.165) is 6.07 Å². The molecule has 1 unspecified atom stereocenters. The van der Waals surface area contributed by atoms with Crippen molar-refractivity contribution in [2.45, 2.75) is 25.3 Å². The van der Waals surface area contributed by atoms with Gasteiger partial charge in [0.05, 0.1) is 0 Å². The van der Waals surface area contributed by atoms with Gasteiger partial charge in [-0.05, 0) is 24.7 Å². The van der Waals surface area contributed by atoms with Crippen molar-refractivity contribution in [2.24, 2.45) is 0 Å². The monoisotopic (exact) mass is 271 g/mol. The molecule has 0 amide bonds. The van der Waals surface area contributed by atoms with E-state index in [1.54, 1.807) is 0 Å². The molecule has 1 rings (SSSR count). The molecule has 0 saturated carbocycles. The summed E-state index contributed by atoms with van der Waals surface area (Å²) in [5, 5.41) is 2.05. The molecule has 0 radical (unpaired) electrons. The lowest BCUT2D eigenvalue weighted by atomic mass is 9.99. The van der Waals surface area contributed by atoms with Crippen molar-refractivity contribution in [1.29, 1.82) is 0 Å². The van der Waals surface area contributed by atoms with Crippen LogP contribution in [0, 0.1) is 11.6 Å². The average molecular weight is 271 g/mol. The van der Waals surface area contributed by atoms with Gasteiger partial charge >= 0.3 is 12.3 Å². The molecule has 0 aliphatic carbocycles. The van der Waals surface area contributed by atoms with Gasteiger partial charge in [-0.2, -0.15) is 8.78 Å². The van der Waals surface area contributed by atoms with Gasteiger partial charge in [0.2, 0.25) is 0 Å². The lowest BCUT2D eigenvalue weighted by molar-refractivity contribution is -0.151. The van der Waals surface area contributed by atoms with Crippen LogP contribution in [0.1, 0.15) is 18.5 Å². The first-order chi connectivity index (χ1) is 8.30. The van der Waals surface area contributed by atoms with Crippen LogP contribution in [-0.2, 0) is 0 Å². The maximum absolute atomic E-state index is 13.4. The zero-order valence-corrected chi connectivity index (χ0v) is 9.36. The molecular formula is C11H11F6N. The molecule has 0 heterocycles. The fourth-order valence-electron chi connectivity index (χ4n) is 1.52. The summed E-state index contributed by atoms with van der Waals surface area (Å²) in [4.78, 5) is 0. The van der Waals surface area contributed by atoms with E-state index in [2.05, 4.69) is 5.32 Å². The zero-order valence-electron chi connectivity index (χ0n) is 9.36. The van der Waals surface area contributed by atoms with E-state index in [1.165, 1.54) is 6.92 Å². The molecule has 0 aliphatic rings. The van der Waals surface area contributed by atoms with Gasteiger partial charge in [0, 0.05) is 5.56 Å². The van der Waals surface area contributed by atoms with Gasteiger partial charge in [-0.15, -0.1) is 0 Å². The normalized spacial score (nSPS) is 14.0. The van der Waals surface area contributed by atoms with Crippen molar-refractivity contribution in [3.05, 3.63) is 35.4 Å². The number of nitrogens with one attached hydrogen (secondary N) is 1. The van der Waals surface area contributed by atoms with Crippen LogP contribution in [0.15, 0.2) is 18.2 Å². The quantitative estimate of drug-likeness (QED) is 0.808. The highest BCUT2D eigenvalue weighted by molar-refractivity contribution is 5.24. The second-order valence-corrected chi connectivity index (χ2v) is 3.63. The molecular weight excluding hydrogens is 260 g/mol. The fourth-order valence-corrected chi connectivity index (χ4v) is 1.52. The molecule has 1 atom stereocenters. The zero-order chi connectivity index (χ0) is 13.9. The number of benzene rings is 1. The molecule has 102 valence electrons. The summed E-state index contributed by atoms with van der Waals surface area (Å²) < 4.78 is 77.4. The summed E-state index contributed by atoms with van der Waals surface area (Å²) in [5.74, 6) is -6.63. The molecule has 7 heteroatoms. The molecule has 0 saturated heterocycles. The van der Waals surface area contributed by atoms with Crippen molar-refractivity contribution < 1.29 is 26.3 Å². The van der Waals surface area contributed by atoms with Crippen LogP contribution in [0.2, 0.25) is 0 Å². The molecule has 1 N–H and O–H groups in total. The number of hydrogen-bond acceptors (Lipinski definition) is 1. The van der Waals surface area contributed by atoms with E-state index in [-0.39, 0.29) is 6.54 Å². The van der Waals surface area contributed by atoms with Gasteiger partial charge in [-0.3, -0.25) is 0 Å². The standard InChI is InChI=1S/C11H11F6N/c1-2-18-9(11(16,17)10(14)15)7-5-6(12)3-4-8(7)13/h3-5,9-10,18H,2H2,1H3. The molecule has 0 fully saturated rings. The van der Waals surface area contributed by atoms with Crippen LogP contribution >= 0.6 is 0 Å². The molecule has 0 aromatic heterocycles. The number of rotatable bonds is 5. The smallest absolute Gasteiger partial charge is 0.305 e. The van der Waals surface area contributed by atoms with Crippen LogP contribution in [0.25, 0.3) is 0 Å². The van der Waals surface area contributed by atoms with E-state index in [9.17, 15) is 26.3 Å². The highest BCUT2D eigenvalue weighted by Crippen LogP contribution is 2.37. The van der Waals surface area contributed by atoms with E-state index in [1.807, 2.05) is 0 Å². The highest BCUT2D eigenvalue weighted by atomic mass is 19.3. The second kappa shape index (κ2) is 5.60.